The van der Waals surface area contributed by atoms with E-state index in [1.54, 1.807) is 0 Å². The van der Waals surface area contributed by atoms with E-state index in [2.05, 4.69) is 6.92 Å². The molecular formula is C16H25N3O. The zero-order chi connectivity index (χ0) is 14.4. The number of piperidine rings is 1. The molecule has 1 heterocycles. The van der Waals surface area contributed by atoms with Gasteiger partial charge in [0.1, 0.15) is 0 Å². The van der Waals surface area contributed by atoms with Crippen LogP contribution in [0.5, 0.6) is 0 Å². The summed E-state index contributed by atoms with van der Waals surface area (Å²) in [5.74, 6) is 0. The maximum Gasteiger partial charge on any atom is 0.320 e. The largest absolute Gasteiger partial charge is 0.399 e. The number of amides is 2. The fourth-order valence-electron chi connectivity index (χ4n) is 2.64. The molecule has 0 radical (unpaired) electrons. The van der Waals surface area contributed by atoms with Crippen LogP contribution in [0.15, 0.2) is 24.3 Å². The van der Waals surface area contributed by atoms with Crippen molar-refractivity contribution in [3.05, 3.63) is 29.8 Å². The molecule has 1 saturated heterocycles. The summed E-state index contributed by atoms with van der Waals surface area (Å²) in [4.78, 5) is 16.5. The molecular weight excluding hydrogens is 250 g/mol. The lowest BCUT2D eigenvalue weighted by molar-refractivity contribution is 0.141. The molecule has 1 aromatic carbocycles. The van der Waals surface area contributed by atoms with E-state index in [-0.39, 0.29) is 6.03 Å². The van der Waals surface area contributed by atoms with E-state index in [0.717, 1.165) is 50.1 Å². The Hall–Kier alpha value is -1.71. The highest BCUT2D eigenvalue weighted by Gasteiger charge is 2.22. The quantitative estimate of drug-likeness (QED) is 0.858. The summed E-state index contributed by atoms with van der Waals surface area (Å²) in [7, 11) is 0. The predicted octanol–water partition coefficient (Wildman–Crippen LogP) is 3.09. The third kappa shape index (κ3) is 3.89. The first kappa shape index (κ1) is 14.7. The van der Waals surface area contributed by atoms with Crippen molar-refractivity contribution in [2.45, 2.75) is 39.2 Å². The number of hydrogen-bond donors (Lipinski definition) is 1. The van der Waals surface area contributed by atoms with Crippen LogP contribution in [0.3, 0.4) is 0 Å². The first-order valence-electron chi connectivity index (χ1n) is 7.59. The first-order chi connectivity index (χ1) is 9.70. The normalized spacial score (nSPS) is 15.2. The van der Waals surface area contributed by atoms with Gasteiger partial charge in [-0.1, -0.05) is 19.1 Å². The van der Waals surface area contributed by atoms with E-state index < -0.39 is 0 Å². The van der Waals surface area contributed by atoms with Crippen LogP contribution in [0.25, 0.3) is 0 Å². The number of anilines is 1. The van der Waals surface area contributed by atoms with Gasteiger partial charge >= 0.3 is 6.03 Å². The van der Waals surface area contributed by atoms with Crippen LogP contribution in [-0.4, -0.2) is 35.5 Å². The van der Waals surface area contributed by atoms with Crippen LogP contribution < -0.4 is 5.73 Å². The van der Waals surface area contributed by atoms with Crippen LogP contribution in [0.4, 0.5) is 10.5 Å². The highest BCUT2D eigenvalue weighted by atomic mass is 16.2. The third-order valence-corrected chi connectivity index (χ3v) is 3.74. The second-order valence-electron chi connectivity index (χ2n) is 5.49. The number of benzene rings is 1. The Morgan fingerprint density at radius 3 is 2.45 bits per heavy atom. The Labute approximate surface area is 121 Å². The van der Waals surface area contributed by atoms with Crippen LogP contribution >= 0.6 is 0 Å². The van der Waals surface area contributed by atoms with E-state index in [9.17, 15) is 4.79 Å². The van der Waals surface area contributed by atoms with Gasteiger partial charge in [0.25, 0.3) is 0 Å². The van der Waals surface area contributed by atoms with Crippen LogP contribution in [-0.2, 0) is 6.54 Å². The molecule has 4 nitrogen and oxygen atoms in total. The molecule has 0 saturated carbocycles. The molecule has 2 amide bonds. The van der Waals surface area contributed by atoms with Crippen molar-refractivity contribution in [1.29, 1.82) is 0 Å². The minimum Gasteiger partial charge on any atom is -0.399 e. The van der Waals surface area contributed by atoms with Gasteiger partial charge in [-0.05, 0) is 43.4 Å². The predicted molar refractivity (Wildman–Crippen MR) is 82.4 cm³/mol. The average Bonchev–Trinajstić information content (AvgIpc) is 2.49. The van der Waals surface area contributed by atoms with Crippen LogP contribution in [0.2, 0.25) is 0 Å². The lowest BCUT2D eigenvalue weighted by Gasteiger charge is -2.33. The molecule has 0 aromatic heterocycles. The standard InChI is InChI=1S/C16H25N3O/c1-2-10-19(13-14-6-8-15(17)9-7-14)16(20)18-11-4-3-5-12-18/h6-9H,2-5,10-13,17H2,1H3. The molecule has 110 valence electrons. The smallest absolute Gasteiger partial charge is 0.320 e. The van der Waals surface area contributed by atoms with E-state index in [1.807, 2.05) is 34.1 Å². The van der Waals surface area contributed by atoms with Gasteiger partial charge < -0.3 is 15.5 Å². The molecule has 0 aliphatic carbocycles. The van der Waals surface area contributed by atoms with Gasteiger partial charge in [-0.2, -0.15) is 0 Å². The number of carbonyl (C=O) groups is 1. The number of nitrogens with two attached hydrogens (primary N) is 1. The molecule has 2 rings (SSSR count). The fourth-order valence-corrected chi connectivity index (χ4v) is 2.64. The number of likely N-dealkylation sites (tertiary alicyclic amines) is 1. The molecule has 1 aliphatic rings. The van der Waals surface area contributed by atoms with Crippen molar-refractivity contribution in [1.82, 2.24) is 9.80 Å². The molecule has 20 heavy (non-hydrogen) atoms. The van der Waals surface area contributed by atoms with Gasteiger partial charge in [-0.25, -0.2) is 4.79 Å². The molecule has 0 bridgehead atoms. The van der Waals surface area contributed by atoms with Crippen molar-refractivity contribution in [2.75, 3.05) is 25.4 Å². The minimum atomic E-state index is 0.184. The van der Waals surface area contributed by atoms with Crippen molar-refractivity contribution in [2.24, 2.45) is 0 Å². The Morgan fingerprint density at radius 2 is 1.85 bits per heavy atom. The Balaban J connectivity index is 2.01. The van der Waals surface area contributed by atoms with Gasteiger partial charge in [0, 0.05) is 31.9 Å². The zero-order valence-electron chi connectivity index (χ0n) is 12.3. The maximum atomic E-state index is 12.6. The van der Waals surface area contributed by atoms with Crippen molar-refractivity contribution >= 4 is 11.7 Å². The molecule has 0 spiro atoms. The number of nitrogens with zero attached hydrogens (tertiary/aromatic N) is 2. The molecule has 0 unspecified atom stereocenters. The zero-order valence-corrected chi connectivity index (χ0v) is 12.3. The SMILES string of the molecule is CCCN(Cc1ccc(N)cc1)C(=O)N1CCCCC1. The van der Waals surface area contributed by atoms with Gasteiger partial charge in [-0.3, -0.25) is 0 Å². The Kier molecular flexibility index (Phi) is 5.27. The summed E-state index contributed by atoms with van der Waals surface area (Å²) in [6.45, 7) is 5.39. The van der Waals surface area contributed by atoms with Gasteiger partial charge in [0.2, 0.25) is 0 Å². The fraction of sp³-hybridized carbons (Fsp3) is 0.562. The monoisotopic (exact) mass is 275 g/mol. The number of carbonyl (C=O) groups excluding carboxylic acids is 1. The molecule has 0 atom stereocenters. The molecule has 4 heteroatoms. The number of hydrogen-bond acceptors (Lipinski definition) is 2. The molecule has 1 fully saturated rings. The van der Waals surface area contributed by atoms with Crippen LogP contribution in [0.1, 0.15) is 38.2 Å². The number of rotatable bonds is 4. The third-order valence-electron chi connectivity index (χ3n) is 3.74. The van der Waals surface area contributed by atoms with Crippen molar-refractivity contribution < 1.29 is 4.79 Å². The lowest BCUT2D eigenvalue weighted by atomic mass is 10.1. The Morgan fingerprint density at radius 1 is 1.20 bits per heavy atom. The van der Waals surface area contributed by atoms with Crippen LogP contribution in [0, 0.1) is 0 Å². The van der Waals surface area contributed by atoms with Crippen molar-refractivity contribution in [3.8, 4) is 0 Å². The summed E-state index contributed by atoms with van der Waals surface area (Å²) in [6, 6.07) is 7.97. The second-order valence-corrected chi connectivity index (χ2v) is 5.49. The highest BCUT2D eigenvalue weighted by molar-refractivity contribution is 5.74. The summed E-state index contributed by atoms with van der Waals surface area (Å²) < 4.78 is 0. The van der Waals surface area contributed by atoms with E-state index in [4.69, 9.17) is 5.73 Å². The van der Waals surface area contributed by atoms with Gasteiger partial charge in [-0.15, -0.1) is 0 Å². The summed E-state index contributed by atoms with van der Waals surface area (Å²) >= 11 is 0. The number of nitrogen functional groups attached to an aromatic ring is 1. The van der Waals surface area contributed by atoms with E-state index in [0.29, 0.717) is 6.54 Å². The highest BCUT2D eigenvalue weighted by Crippen LogP contribution is 2.14. The van der Waals surface area contributed by atoms with E-state index in [1.165, 1.54) is 6.42 Å². The van der Waals surface area contributed by atoms with E-state index >= 15 is 0 Å². The molecule has 1 aliphatic heterocycles. The average molecular weight is 275 g/mol. The molecule has 2 N–H and O–H groups in total. The summed E-state index contributed by atoms with van der Waals surface area (Å²) in [6.07, 6.45) is 4.49. The Bertz CT molecular complexity index is 424. The number of urea groups is 1. The second kappa shape index (κ2) is 7.17. The summed E-state index contributed by atoms with van der Waals surface area (Å²) in [5, 5.41) is 0. The molecule has 1 aromatic rings. The topological polar surface area (TPSA) is 49.6 Å². The first-order valence-corrected chi connectivity index (χ1v) is 7.59. The van der Waals surface area contributed by atoms with Gasteiger partial charge in [0.15, 0.2) is 0 Å². The van der Waals surface area contributed by atoms with Gasteiger partial charge in [0.05, 0.1) is 0 Å². The van der Waals surface area contributed by atoms with Crippen molar-refractivity contribution in [3.63, 3.8) is 0 Å². The maximum absolute atomic E-state index is 12.6. The summed E-state index contributed by atoms with van der Waals surface area (Å²) in [5.41, 5.74) is 7.60. The lowest BCUT2D eigenvalue weighted by Crippen LogP contribution is -2.45. The minimum absolute atomic E-state index is 0.184.